The highest BCUT2D eigenvalue weighted by atomic mass is 15.3. The first-order valence-electron chi connectivity index (χ1n) is 6.91. The zero-order chi connectivity index (χ0) is 12.5. The van der Waals surface area contributed by atoms with Crippen molar-refractivity contribution in [1.82, 2.24) is 20.1 Å². The summed E-state index contributed by atoms with van der Waals surface area (Å²) in [5.74, 6) is 1.12. The standard InChI is InChI=1S/C13H26N4/c1-4-7-12(14-8-5-2)10-13-15-11-16-17(13)9-6-3/h11-12,14H,4-10H2,1-3H3. The summed E-state index contributed by atoms with van der Waals surface area (Å²) in [5, 5.41) is 7.87. The maximum atomic E-state index is 4.38. The van der Waals surface area contributed by atoms with Gasteiger partial charge in [0.25, 0.3) is 0 Å². The minimum Gasteiger partial charge on any atom is -0.314 e. The van der Waals surface area contributed by atoms with Crippen LogP contribution in [0.5, 0.6) is 0 Å². The maximum Gasteiger partial charge on any atom is 0.138 e. The molecule has 17 heavy (non-hydrogen) atoms. The van der Waals surface area contributed by atoms with E-state index in [1.807, 2.05) is 4.68 Å². The molecule has 1 aromatic heterocycles. The first-order chi connectivity index (χ1) is 8.31. The number of hydrogen-bond donors (Lipinski definition) is 1. The molecule has 1 heterocycles. The van der Waals surface area contributed by atoms with E-state index in [1.54, 1.807) is 6.33 Å². The second kappa shape index (κ2) is 8.23. The Balaban J connectivity index is 2.54. The van der Waals surface area contributed by atoms with Crippen LogP contribution in [0.15, 0.2) is 6.33 Å². The number of nitrogens with zero attached hydrogens (tertiary/aromatic N) is 3. The van der Waals surface area contributed by atoms with Gasteiger partial charge in [0.1, 0.15) is 12.2 Å². The Morgan fingerprint density at radius 1 is 1.24 bits per heavy atom. The van der Waals surface area contributed by atoms with Crippen molar-refractivity contribution in [2.24, 2.45) is 0 Å². The Hall–Kier alpha value is -0.900. The quantitative estimate of drug-likeness (QED) is 0.718. The number of rotatable bonds is 9. The smallest absolute Gasteiger partial charge is 0.138 e. The van der Waals surface area contributed by atoms with Crippen molar-refractivity contribution in [1.29, 1.82) is 0 Å². The molecular formula is C13H26N4. The Morgan fingerprint density at radius 3 is 2.71 bits per heavy atom. The van der Waals surface area contributed by atoms with Gasteiger partial charge >= 0.3 is 0 Å². The Labute approximate surface area is 105 Å². The fourth-order valence-electron chi connectivity index (χ4n) is 2.04. The normalized spacial score (nSPS) is 12.9. The van der Waals surface area contributed by atoms with Gasteiger partial charge in [-0.15, -0.1) is 0 Å². The highest BCUT2D eigenvalue weighted by molar-refractivity contribution is 4.89. The molecule has 1 unspecified atom stereocenters. The van der Waals surface area contributed by atoms with Crippen molar-refractivity contribution in [3.8, 4) is 0 Å². The molecule has 4 nitrogen and oxygen atoms in total. The summed E-state index contributed by atoms with van der Waals surface area (Å²) in [7, 11) is 0. The Morgan fingerprint density at radius 2 is 2.06 bits per heavy atom. The molecule has 1 rings (SSSR count). The van der Waals surface area contributed by atoms with Crippen LogP contribution in [0.25, 0.3) is 0 Å². The molecule has 1 atom stereocenters. The summed E-state index contributed by atoms with van der Waals surface area (Å²) in [6, 6.07) is 0.541. The summed E-state index contributed by atoms with van der Waals surface area (Å²) in [4.78, 5) is 4.38. The molecule has 0 aromatic carbocycles. The molecule has 0 aliphatic rings. The van der Waals surface area contributed by atoms with Gasteiger partial charge in [-0.1, -0.05) is 27.2 Å². The minimum atomic E-state index is 0.541. The second-order valence-electron chi connectivity index (χ2n) is 4.54. The van der Waals surface area contributed by atoms with E-state index in [9.17, 15) is 0 Å². The first kappa shape index (κ1) is 14.2. The highest BCUT2D eigenvalue weighted by Crippen LogP contribution is 2.06. The summed E-state index contributed by atoms with van der Waals surface area (Å²) in [6.07, 6.45) is 7.38. The topological polar surface area (TPSA) is 42.7 Å². The minimum absolute atomic E-state index is 0.541. The average molecular weight is 238 g/mol. The number of hydrogen-bond acceptors (Lipinski definition) is 3. The van der Waals surface area contributed by atoms with Crippen LogP contribution >= 0.6 is 0 Å². The van der Waals surface area contributed by atoms with Crippen LogP contribution in [-0.2, 0) is 13.0 Å². The largest absolute Gasteiger partial charge is 0.314 e. The first-order valence-corrected chi connectivity index (χ1v) is 6.91. The third kappa shape index (κ3) is 4.86. The highest BCUT2D eigenvalue weighted by Gasteiger charge is 2.12. The summed E-state index contributed by atoms with van der Waals surface area (Å²) < 4.78 is 2.04. The predicted octanol–water partition coefficient (Wildman–Crippen LogP) is 2.40. The molecule has 0 aliphatic carbocycles. The fraction of sp³-hybridized carbons (Fsp3) is 0.846. The van der Waals surface area contributed by atoms with Crippen molar-refractivity contribution >= 4 is 0 Å². The van der Waals surface area contributed by atoms with Gasteiger partial charge < -0.3 is 5.32 Å². The van der Waals surface area contributed by atoms with E-state index in [1.165, 1.54) is 19.3 Å². The zero-order valence-corrected chi connectivity index (χ0v) is 11.4. The van der Waals surface area contributed by atoms with Crippen molar-refractivity contribution in [2.45, 2.75) is 65.5 Å². The Bertz CT molecular complexity index is 295. The monoisotopic (exact) mass is 238 g/mol. The molecule has 0 bridgehead atoms. The van der Waals surface area contributed by atoms with Crippen LogP contribution in [0.2, 0.25) is 0 Å². The zero-order valence-electron chi connectivity index (χ0n) is 11.4. The van der Waals surface area contributed by atoms with Crippen LogP contribution in [0.4, 0.5) is 0 Å². The second-order valence-corrected chi connectivity index (χ2v) is 4.54. The number of aryl methyl sites for hydroxylation is 1. The summed E-state index contributed by atoms with van der Waals surface area (Å²) >= 11 is 0. The van der Waals surface area contributed by atoms with E-state index in [-0.39, 0.29) is 0 Å². The van der Waals surface area contributed by atoms with Crippen LogP contribution in [-0.4, -0.2) is 27.4 Å². The lowest BCUT2D eigenvalue weighted by Crippen LogP contribution is -2.32. The van der Waals surface area contributed by atoms with Crippen molar-refractivity contribution in [3.63, 3.8) is 0 Å². The van der Waals surface area contributed by atoms with E-state index < -0.39 is 0 Å². The Kier molecular flexibility index (Phi) is 6.86. The molecule has 1 N–H and O–H groups in total. The lowest BCUT2D eigenvalue weighted by molar-refractivity contribution is 0.448. The van der Waals surface area contributed by atoms with Crippen molar-refractivity contribution in [2.75, 3.05) is 6.54 Å². The number of nitrogens with one attached hydrogen (secondary N) is 1. The van der Waals surface area contributed by atoms with E-state index in [0.717, 1.165) is 31.8 Å². The lowest BCUT2D eigenvalue weighted by Gasteiger charge is -2.17. The van der Waals surface area contributed by atoms with Crippen LogP contribution in [0, 0.1) is 0 Å². The molecule has 0 spiro atoms. The lowest BCUT2D eigenvalue weighted by atomic mass is 10.1. The molecule has 0 amide bonds. The predicted molar refractivity (Wildman–Crippen MR) is 71.0 cm³/mol. The fourth-order valence-corrected chi connectivity index (χ4v) is 2.04. The molecule has 98 valence electrons. The third-order valence-electron chi connectivity index (χ3n) is 2.88. The van der Waals surface area contributed by atoms with E-state index in [2.05, 4.69) is 36.2 Å². The van der Waals surface area contributed by atoms with Gasteiger partial charge in [0, 0.05) is 19.0 Å². The molecule has 1 aromatic rings. The number of aromatic nitrogens is 3. The van der Waals surface area contributed by atoms with Gasteiger partial charge in [-0.2, -0.15) is 5.10 Å². The average Bonchev–Trinajstić information content (AvgIpc) is 2.74. The third-order valence-corrected chi connectivity index (χ3v) is 2.88. The van der Waals surface area contributed by atoms with E-state index in [4.69, 9.17) is 0 Å². The van der Waals surface area contributed by atoms with Crippen LogP contribution < -0.4 is 5.32 Å². The van der Waals surface area contributed by atoms with Gasteiger partial charge in [0.15, 0.2) is 0 Å². The summed E-state index contributed by atoms with van der Waals surface area (Å²) in [6.45, 7) is 8.67. The maximum absolute atomic E-state index is 4.38. The van der Waals surface area contributed by atoms with Gasteiger partial charge in [-0.05, 0) is 25.8 Å². The van der Waals surface area contributed by atoms with Gasteiger partial charge in [-0.3, -0.25) is 4.68 Å². The van der Waals surface area contributed by atoms with Gasteiger partial charge in [-0.25, -0.2) is 4.98 Å². The molecule has 0 saturated carbocycles. The van der Waals surface area contributed by atoms with E-state index in [0.29, 0.717) is 6.04 Å². The van der Waals surface area contributed by atoms with Gasteiger partial charge in [0.05, 0.1) is 0 Å². The SMILES string of the molecule is CCCNC(CCC)Cc1ncnn1CCC. The van der Waals surface area contributed by atoms with E-state index >= 15 is 0 Å². The molecule has 0 saturated heterocycles. The van der Waals surface area contributed by atoms with Crippen molar-refractivity contribution in [3.05, 3.63) is 12.2 Å². The molecule has 0 radical (unpaired) electrons. The molecule has 0 aliphatic heterocycles. The van der Waals surface area contributed by atoms with Gasteiger partial charge in [0.2, 0.25) is 0 Å². The summed E-state index contributed by atoms with van der Waals surface area (Å²) in [5.41, 5.74) is 0. The van der Waals surface area contributed by atoms with Crippen LogP contribution in [0.1, 0.15) is 52.3 Å². The molecule has 0 fully saturated rings. The van der Waals surface area contributed by atoms with Crippen molar-refractivity contribution < 1.29 is 0 Å². The van der Waals surface area contributed by atoms with Crippen LogP contribution in [0.3, 0.4) is 0 Å². The molecular weight excluding hydrogens is 212 g/mol. The molecule has 4 heteroatoms.